The maximum absolute atomic E-state index is 4.35. The molecule has 1 aromatic heterocycles. The van der Waals surface area contributed by atoms with E-state index in [0.717, 1.165) is 18.9 Å². The van der Waals surface area contributed by atoms with Gasteiger partial charge in [-0.05, 0) is 61.6 Å². The third kappa shape index (κ3) is 6.65. The highest BCUT2D eigenvalue weighted by Gasteiger charge is 2.27. The molecule has 0 amide bonds. The van der Waals surface area contributed by atoms with Crippen molar-refractivity contribution in [3.63, 3.8) is 0 Å². The Morgan fingerprint density at radius 3 is 2.65 bits per heavy atom. The number of hydrogen-bond donors (Lipinski definition) is 2. The van der Waals surface area contributed by atoms with Crippen molar-refractivity contribution in [2.75, 3.05) is 13.6 Å². The van der Waals surface area contributed by atoms with Gasteiger partial charge in [0, 0.05) is 32.0 Å². The van der Waals surface area contributed by atoms with Crippen LogP contribution in [0.1, 0.15) is 50.7 Å². The second-order valence-electron chi connectivity index (χ2n) is 7.13. The molecule has 2 rings (SSSR count). The summed E-state index contributed by atoms with van der Waals surface area (Å²) < 4.78 is 0. The second-order valence-corrected chi connectivity index (χ2v) is 7.13. The highest BCUT2D eigenvalue weighted by Crippen LogP contribution is 2.34. The van der Waals surface area contributed by atoms with Crippen molar-refractivity contribution < 1.29 is 0 Å². The lowest BCUT2D eigenvalue weighted by Crippen LogP contribution is -2.46. The molecule has 2 N–H and O–H groups in total. The molecule has 0 unspecified atom stereocenters. The third-order valence-corrected chi connectivity index (χ3v) is 4.73. The molecule has 0 spiro atoms. The smallest absolute Gasteiger partial charge is 0.191 e. The van der Waals surface area contributed by atoms with E-state index in [-0.39, 0.29) is 24.0 Å². The zero-order chi connectivity index (χ0) is 16.0. The number of aryl methyl sites for hydroxylation is 1. The zero-order valence-electron chi connectivity index (χ0n) is 14.9. The fraction of sp³-hybridized carbons (Fsp3) is 0.667. The fourth-order valence-corrected chi connectivity index (χ4v) is 3.03. The Bertz CT molecular complexity index is 503. The van der Waals surface area contributed by atoms with Crippen LogP contribution in [0.5, 0.6) is 0 Å². The summed E-state index contributed by atoms with van der Waals surface area (Å²) in [4.78, 5) is 8.49. The zero-order valence-corrected chi connectivity index (χ0v) is 17.2. The first-order valence-electron chi connectivity index (χ1n) is 8.37. The van der Waals surface area contributed by atoms with Gasteiger partial charge in [0.15, 0.2) is 5.96 Å². The minimum Gasteiger partial charge on any atom is -0.356 e. The molecule has 1 saturated carbocycles. The Balaban J connectivity index is 0.00000264. The van der Waals surface area contributed by atoms with Crippen molar-refractivity contribution in [2.45, 2.75) is 58.9 Å². The van der Waals surface area contributed by atoms with Crippen LogP contribution in [0.3, 0.4) is 0 Å². The first kappa shape index (κ1) is 20.2. The van der Waals surface area contributed by atoms with Crippen molar-refractivity contribution in [1.82, 2.24) is 15.6 Å². The maximum Gasteiger partial charge on any atom is 0.191 e. The van der Waals surface area contributed by atoms with E-state index in [1.165, 1.54) is 36.8 Å². The highest BCUT2D eigenvalue weighted by atomic mass is 127. The number of pyridine rings is 1. The summed E-state index contributed by atoms with van der Waals surface area (Å²) in [5.74, 6) is 0.927. The van der Waals surface area contributed by atoms with Gasteiger partial charge >= 0.3 is 0 Å². The number of nitrogens with one attached hydrogen (secondary N) is 2. The Hall–Kier alpha value is -0.850. The van der Waals surface area contributed by atoms with Gasteiger partial charge in [0.25, 0.3) is 0 Å². The van der Waals surface area contributed by atoms with Crippen molar-refractivity contribution in [3.8, 4) is 0 Å². The van der Waals surface area contributed by atoms with Crippen molar-refractivity contribution in [3.05, 3.63) is 29.6 Å². The molecule has 1 fully saturated rings. The molecule has 5 heteroatoms. The summed E-state index contributed by atoms with van der Waals surface area (Å²) in [5, 5.41) is 7.00. The van der Waals surface area contributed by atoms with Gasteiger partial charge in [0.1, 0.15) is 0 Å². The number of rotatable bonds is 4. The Labute approximate surface area is 158 Å². The number of halogens is 1. The highest BCUT2D eigenvalue weighted by molar-refractivity contribution is 14.0. The van der Waals surface area contributed by atoms with Crippen LogP contribution in [0.2, 0.25) is 0 Å². The minimum atomic E-state index is 0. The molecule has 1 aromatic rings. The van der Waals surface area contributed by atoms with Gasteiger partial charge < -0.3 is 10.6 Å². The molecule has 1 heterocycles. The van der Waals surface area contributed by atoms with E-state index in [9.17, 15) is 0 Å². The van der Waals surface area contributed by atoms with Gasteiger partial charge in [0.05, 0.1) is 0 Å². The molecule has 23 heavy (non-hydrogen) atoms. The standard InChI is InChI=1S/C18H30N4.HI/c1-14-13-20-11-7-15(14)8-12-21-17(19-4)22-16-5-9-18(2,3)10-6-16;/h7,11,13,16H,5-6,8-10,12H2,1-4H3,(H2,19,21,22);1H. The van der Waals surface area contributed by atoms with Crippen molar-refractivity contribution in [2.24, 2.45) is 10.4 Å². The summed E-state index contributed by atoms with van der Waals surface area (Å²) in [6.45, 7) is 7.74. The lowest BCUT2D eigenvalue weighted by atomic mass is 9.75. The van der Waals surface area contributed by atoms with Crippen LogP contribution in [0, 0.1) is 12.3 Å². The quantitative estimate of drug-likeness (QED) is 0.435. The van der Waals surface area contributed by atoms with Crippen LogP contribution < -0.4 is 10.6 Å². The first-order valence-corrected chi connectivity index (χ1v) is 8.37. The SMILES string of the molecule is CN=C(NCCc1ccncc1C)NC1CCC(C)(C)CC1.I. The van der Waals surface area contributed by atoms with Crippen LogP contribution >= 0.6 is 24.0 Å². The first-order chi connectivity index (χ1) is 10.5. The maximum atomic E-state index is 4.35. The molecule has 1 aliphatic carbocycles. The van der Waals surface area contributed by atoms with Gasteiger partial charge in [0.2, 0.25) is 0 Å². The van der Waals surface area contributed by atoms with Crippen LogP contribution in [0.4, 0.5) is 0 Å². The number of aromatic nitrogens is 1. The normalized spacial score (nSPS) is 18.2. The lowest BCUT2D eigenvalue weighted by Gasteiger charge is -2.35. The van der Waals surface area contributed by atoms with E-state index in [1.54, 1.807) is 0 Å². The molecular weight excluding hydrogens is 399 g/mol. The van der Waals surface area contributed by atoms with Gasteiger partial charge in [-0.25, -0.2) is 0 Å². The summed E-state index contributed by atoms with van der Waals surface area (Å²) >= 11 is 0. The predicted molar refractivity (Wildman–Crippen MR) is 109 cm³/mol. The van der Waals surface area contributed by atoms with Gasteiger partial charge in [-0.15, -0.1) is 24.0 Å². The van der Waals surface area contributed by atoms with Crippen LogP contribution in [-0.4, -0.2) is 30.6 Å². The van der Waals surface area contributed by atoms with E-state index < -0.39 is 0 Å². The molecule has 0 atom stereocenters. The lowest BCUT2D eigenvalue weighted by molar-refractivity contribution is 0.216. The molecule has 0 radical (unpaired) electrons. The molecule has 0 aromatic carbocycles. The summed E-state index contributed by atoms with van der Waals surface area (Å²) in [7, 11) is 1.85. The van der Waals surface area contributed by atoms with E-state index in [2.05, 4.69) is 47.4 Å². The predicted octanol–water partition coefficient (Wildman–Crippen LogP) is 3.68. The second kappa shape index (κ2) is 9.45. The molecule has 0 saturated heterocycles. The van der Waals surface area contributed by atoms with Crippen LogP contribution in [0.25, 0.3) is 0 Å². The Kier molecular flexibility index (Phi) is 8.29. The average Bonchev–Trinajstić information content (AvgIpc) is 2.50. The monoisotopic (exact) mass is 430 g/mol. The Morgan fingerprint density at radius 2 is 2.04 bits per heavy atom. The van der Waals surface area contributed by atoms with Crippen LogP contribution in [0.15, 0.2) is 23.5 Å². The Morgan fingerprint density at radius 1 is 1.35 bits per heavy atom. The molecule has 130 valence electrons. The summed E-state index contributed by atoms with van der Waals surface area (Å²) in [6.07, 6.45) is 9.82. The van der Waals surface area contributed by atoms with Gasteiger partial charge in [-0.1, -0.05) is 13.8 Å². The molecule has 4 nitrogen and oxygen atoms in total. The summed E-state index contributed by atoms with van der Waals surface area (Å²) in [5.41, 5.74) is 3.10. The van der Waals surface area contributed by atoms with Crippen molar-refractivity contribution >= 4 is 29.9 Å². The van der Waals surface area contributed by atoms with E-state index >= 15 is 0 Å². The molecule has 0 bridgehead atoms. The topological polar surface area (TPSA) is 49.3 Å². The molecule has 0 aliphatic heterocycles. The number of aliphatic imine (C=N–C) groups is 1. The number of hydrogen-bond acceptors (Lipinski definition) is 2. The van der Waals surface area contributed by atoms with E-state index in [4.69, 9.17) is 0 Å². The fourth-order valence-electron chi connectivity index (χ4n) is 3.03. The number of guanidine groups is 1. The molecule has 1 aliphatic rings. The minimum absolute atomic E-state index is 0. The van der Waals surface area contributed by atoms with E-state index in [0.29, 0.717) is 11.5 Å². The van der Waals surface area contributed by atoms with Crippen molar-refractivity contribution in [1.29, 1.82) is 0 Å². The van der Waals surface area contributed by atoms with Gasteiger partial charge in [-0.3, -0.25) is 9.98 Å². The summed E-state index contributed by atoms with van der Waals surface area (Å²) in [6, 6.07) is 2.65. The van der Waals surface area contributed by atoms with E-state index in [1.807, 2.05) is 19.4 Å². The number of nitrogens with zero attached hydrogens (tertiary/aromatic N) is 2. The largest absolute Gasteiger partial charge is 0.356 e. The average molecular weight is 430 g/mol. The van der Waals surface area contributed by atoms with Gasteiger partial charge in [-0.2, -0.15) is 0 Å². The third-order valence-electron chi connectivity index (χ3n) is 4.73. The van der Waals surface area contributed by atoms with Crippen LogP contribution in [-0.2, 0) is 6.42 Å². The molecular formula is C18H31IN4.